The molecule has 3 rings (SSSR count). The summed E-state index contributed by atoms with van der Waals surface area (Å²) in [4.78, 5) is 6.06. The minimum Gasteiger partial charge on any atom is -0.406 e. The van der Waals surface area contributed by atoms with Crippen molar-refractivity contribution < 1.29 is 26.3 Å². The van der Waals surface area contributed by atoms with Crippen LogP contribution in [0.25, 0.3) is 0 Å². The van der Waals surface area contributed by atoms with Crippen molar-refractivity contribution in [2.75, 3.05) is 18.0 Å². The molecule has 0 unspecified atom stereocenters. The summed E-state index contributed by atoms with van der Waals surface area (Å²) >= 11 is 1.47. The number of hydrogen-bond donors (Lipinski definition) is 1. The third kappa shape index (κ3) is 4.61. The molecular weight excluding hydrogens is 379 g/mol. The fourth-order valence-electron chi connectivity index (χ4n) is 2.51. The number of aromatic nitrogens is 1. The predicted octanol–water partition coefficient (Wildman–Crippen LogP) is 2.60. The summed E-state index contributed by atoms with van der Waals surface area (Å²) in [5.74, 6) is -0.470. The van der Waals surface area contributed by atoms with Gasteiger partial charge in [-0.3, -0.25) is 0 Å². The Bertz CT molecular complexity index is 808. The first-order valence-corrected chi connectivity index (χ1v) is 9.62. The van der Waals surface area contributed by atoms with E-state index in [1.54, 1.807) is 6.20 Å². The van der Waals surface area contributed by atoms with E-state index < -0.39 is 22.1 Å². The molecule has 0 bridgehead atoms. The van der Waals surface area contributed by atoms with Gasteiger partial charge in [-0.15, -0.1) is 24.5 Å². The molecule has 1 aromatic heterocycles. The monoisotopic (exact) mass is 393 g/mol. The maximum atomic E-state index is 12.4. The number of sulfonamides is 1. The van der Waals surface area contributed by atoms with Gasteiger partial charge in [0.25, 0.3) is 0 Å². The lowest BCUT2D eigenvalue weighted by atomic mass is 10.3. The molecule has 136 valence electrons. The van der Waals surface area contributed by atoms with E-state index >= 15 is 0 Å². The number of nitrogens with one attached hydrogen (secondary N) is 1. The van der Waals surface area contributed by atoms with E-state index in [-0.39, 0.29) is 10.9 Å². The average molecular weight is 393 g/mol. The van der Waals surface area contributed by atoms with Crippen molar-refractivity contribution in [1.82, 2.24) is 9.71 Å². The smallest absolute Gasteiger partial charge is 0.406 e. The summed E-state index contributed by atoms with van der Waals surface area (Å²) in [7, 11) is -3.83. The lowest BCUT2D eigenvalue weighted by Crippen LogP contribution is -2.37. The zero-order chi connectivity index (χ0) is 18.1. The maximum Gasteiger partial charge on any atom is 0.573 e. The van der Waals surface area contributed by atoms with Crippen LogP contribution in [0.1, 0.15) is 6.42 Å². The van der Waals surface area contributed by atoms with Crippen molar-refractivity contribution in [3.05, 3.63) is 35.8 Å². The molecule has 1 aromatic carbocycles. The van der Waals surface area contributed by atoms with E-state index in [1.165, 1.54) is 11.3 Å². The van der Waals surface area contributed by atoms with Crippen LogP contribution in [0, 0.1) is 0 Å². The molecule has 1 fully saturated rings. The summed E-state index contributed by atoms with van der Waals surface area (Å²) in [6, 6.07) is 3.81. The molecule has 0 aliphatic carbocycles. The number of nitrogens with zero attached hydrogens (tertiary/aromatic N) is 2. The number of ether oxygens (including phenoxy) is 1. The van der Waals surface area contributed by atoms with Gasteiger partial charge in [0.15, 0.2) is 5.13 Å². The molecule has 0 radical (unpaired) electrons. The van der Waals surface area contributed by atoms with Gasteiger partial charge in [0.2, 0.25) is 10.0 Å². The molecule has 1 aliphatic heterocycles. The van der Waals surface area contributed by atoms with Crippen LogP contribution >= 0.6 is 11.3 Å². The minimum atomic E-state index is -4.82. The number of rotatable bonds is 5. The molecule has 6 nitrogen and oxygen atoms in total. The standard InChI is InChI=1S/C14H14F3N3O3S2/c15-14(16,17)23-11-1-3-12(4-2-11)25(21,22)19-10-5-7-20(9-10)13-18-6-8-24-13/h1-4,6,8,10,19H,5,7,9H2/t10-/m0/s1. The van der Waals surface area contributed by atoms with Crippen LogP contribution in [0.3, 0.4) is 0 Å². The second-order valence-corrected chi connectivity index (χ2v) is 7.97. The van der Waals surface area contributed by atoms with E-state index in [1.807, 2.05) is 10.3 Å². The average Bonchev–Trinajstić information content (AvgIpc) is 3.16. The lowest BCUT2D eigenvalue weighted by molar-refractivity contribution is -0.274. The molecule has 0 saturated carbocycles. The highest BCUT2D eigenvalue weighted by atomic mass is 32.2. The van der Waals surface area contributed by atoms with E-state index in [0.29, 0.717) is 19.5 Å². The summed E-state index contributed by atoms with van der Waals surface area (Å²) in [5.41, 5.74) is 0. The Balaban J connectivity index is 1.64. The van der Waals surface area contributed by atoms with Gasteiger partial charge in [-0.25, -0.2) is 18.1 Å². The second-order valence-electron chi connectivity index (χ2n) is 5.39. The van der Waals surface area contributed by atoms with Gasteiger partial charge < -0.3 is 9.64 Å². The van der Waals surface area contributed by atoms with Crippen LogP contribution in [0.15, 0.2) is 40.7 Å². The Morgan fingerprint density at radius 1 is 1.28 bits per heavy atom. The van der Waals surface area contributed by atoms with Gasteiger partial charge in [0.1, 0.15) is 5.75 Å². The fourth-order valence-corrected chi connectivity index (χ4v) is 4.45. The third-order valence-electron chi connectivity index (χ3n) is 3.57. The van der Waals surface area contributed by atoms with Crippen molar-refractivity contribution >= 4 is 26.5 Å². The summed E-state index contributed by atoms with van der Waals surface area (Å²) in [6.45, 7) is 1.17. The van der Waals surface area contributed by atoms with Crippen molar-refractivity contribution in [2.24, 2.45) is 0 Å². The first-order valence-electron chi connectivity index (χ1n) is 7.25. The zero-order valence-electron chi connectivity index (χ0n) is 12.7. The van der Waals surface area contributed by atoms with E-state index in [0.717, 1.165) is 29.4 Å². The fraction of sp³-hybridized carbons (Fsp3) is 0.357. The number of alkyl halides is 3. The Morgan fingerprint density at radius 3 is 2.60 bits per heavy atom. The highest BCUT2D eigenvalue weighted by Crippen LogP contribution is 2.25. The molecule has 1 N–H and O–H groups in total. The summed E-state index contributed by atoms with van der Waals surface area (Å²) in [5, 5.41) is 2.67. The number of benzene rings is 1. The van der Waals surface area contributed by atoms with Crippen molar-refractivity contribution in [1.29, 1.82) is 0 Å². The van der Waals surface area contributed by atoms with E-state index in [4.69, 9.17) is 0 Å². The van der Waals surface area contributed by atoms with Crippen molar-refractivity contribution in [3.8, 4) is 5.75 Å². The van der Waals surface area contributed by atoms with Gasteiger partial charge >= 0.3 is 6.36 Å². The van der Waals surface area contributed by atoms with Gasteiger partial charge in [-0.1, -0.05) is 0 Å². The first kappa shape index (κ1) is 18.0. The van der Waals surface area contributed by atoms with Gasteiger partial charge in [0.05, 0.1) is 4.90 Å². The van der Waals surface area contributed by atoms with Gasteiger partial charge in [0, 0.05) is 30.7 Å². The summed E-state index contributed by atoms with van der Waals surface area (Å²) in [6.07, 6.45) is -2.52. The van der Waals surface area contributed by atoms with Crippen molar-refractivity contribution in [2.45, 2.75) is 23.7 Å². The van der Waals surface area contributed by atoms with E-state index in [9.17, 15) is 21.6 Å². The molecule has 1 atom stereocenters. The Labute approximate surface area is 146 Å². The second kappa shape index (κ2) is 6.81. The van der Waals surface area contributed by atoms with Crippen LogP contribution in [0.4, 0.5) is 18.3 Å². The normalized spacial score (nSPS) is 18.5. The van der Waals surface area contributed by atoms with Gasteiger partial charge in [-0.2, -0.15) is 0 Å². The van der Waals surface area contributed by atoms with Crippen molar-refractivity contribution in [3.63, 3.8) is 0 Å². The number of halogens is 3. The number of hydrogen-bond acceptors (Lipinski definition) is 6. The molecule has 25 heavy (non-hydrogen) atoms. The van der Waals surface area contributed by atoms with Crippen LogP contribution in [-0.2, 0) is 10.0 Å². The minimum absolute atomic E-state index is 0.116. The molecule has 11 heteroatoms. The SMILES string of the molecule is O=S(=O)(N[C@H]1CCN(c2nccs2)C1)c1ccc(OC(F)(F)F)cc1. The van der Waals surface area contributed by atoms with E-state index in [2.05, 4.69) is 14.4 Å². The predicted molar refractivity (Wildman–Crippen MR) is 86.2 cm³/mol. The van der Waals surface area contributed by atoms with Crippen LogP contribution in [-0.4, -0.2) is 38.9 Å². The highest BCUT2D eigenvalue weighted by molar-refractivity contribution is 7.89. The Kier molecular flexibility index (Phi) is 4.89. The maximum absolute atomic E-state index is 12.4. The molecular formula is C14H14F3N3O3S2. The lowest BCUT2D eigenvalue weighted by Gasteiger charge is -2.16. The third-order valence-corrected chi connectivity index (χ3v) is 5.94. The molecule has 2 heterocycles. The Hall–Kier alpha value is -1.85. The quantitative estimate of drug-likeness (QED) is 0.846. The Morgan fingerprint density at radius 2 is 2.00 bits per heavy atom. The molecule has 2 aromatic rings. The molecule has 0 spiro atoms. The molecule has 0 amide bonds. The molecule has 1 aliphatic rings. The van der Waals surface area contributed by atoms with Crippen LogP contribution in [0.2, 0.25) is 0 Å². The number of thiazole rings is 1. The summed E-state index contributed by atoms with van der Waals surface area (Å²) < 4.78 is 67.5. The highest BCUT2D eigenvalue weighted by Gasteiger charge is 2.32. The first-order chi connectivity index (χ1) is 11.7. The van der Waals surface area contributed by atoms with Crippen LogP contribution in [0.5, 0.6) is 5.75 Å². The molecule has 1 saturated heterocycles. The zero-order valence-corrected chi connectivity index (χ0v) is 14.4. The number of anilines is 1. The topological polar surface area (TPSA) is 71.5 Å². The largest absolute Gasteiger partial charge is 0.573 e. The van der Waals surface area contributed by atoms with Gasteiger partial charge in [-0.05, 0) is 30.7 Å². The van der Waals surface area contributed by atoms with Crippen LogP contribution < -0.4 is 14.4 Å².